The smallest absolute Gasteiger partial charge is 0.332 e. The van der Waals surface area contributed by atoms with E-state index in [0.29, 0.717) is 6.42 Å². The van der Waals surface area contributed by atoms with Gasteiger partial charge in [-0.2, -0.15) is 0 Å². The van der Waals surface area contributed by atoms with Crippen molar-refractivity contribution < 1.29 is 35.1 Å². The van der Waals surface area contributed by atoms with Gasteiger partial charge in [0.1, 0.15) is 6.10 Å². The Morgan fingerprint density at radius 2 is 1.10 bits per heavy atom. The number of aliphatic hydroxyl groups excluding tert-OH is 3. The van der Waals surface area contributed by atoms with E-state index < -0.39 is 30.1 Å². The minimum absolute atomic E-state index is 0.157. The predicted octanol–water partition coefficient (Wildman–Crippen LogP) is 3.97. The van der Waals surface area contributed by atoms with Gasteiger partial charge in [-0.3, -0.25) is 4.79 Å². The fourth-order valence-electron chi connectivity index (χ4n) is 2.98. The van der Waals surface area contributed by atoms with Crippen molar-refractivity contribution >= 4 is 11.9 Å². The number of carboxylic acids is 2. The van der Waals surface area contributed by atoms with Crippen LogP contribution in [0.3, 0.4) is 0 Å². The Labute approximate surface area is 176 Å². The largest absolute Gasteiger partial charge is 0.481 e. The first kappa shape index (κ1) is 30.0. The lowest BCUT2D eigenvalue weighted by molar-refractivity contribution is -0.145. The molecule has 0 fully saturated rings. The standard InChI is InChI=1S/C19H38O4.C3H6O3/c1-2-3-4-5-6-7-8-9-10-11-12-13-14-17(19(22)23)15-18(21)16-20;1-2(4)3(5)6/h17-18,20-21H,2-16H2,1H3,(H,22,23);2,4H,1H3,(H,5,6). The van der Waals surface area contributed by atoms with E-state index in [1.807, 2.05) is 0 Å². The SMILES string of the molecule is CC(O)C(=O)O.CCCCCCCCCCCCCCC(CC(O)CO)C(=O)O. The summed E-state index contributed by atoms with van der Waals surface area (Å²) < 4.78 is 0. The molecule has 0 aromatic heterocycles. The van der Waals surface area contributed by atoms with E-state index in [1.54, 1.807) is 0 Å². The van der Waals surface area contributed by atoms with Crippen LogP contribution in [-0.2, 0) is 9.59 Å². The molecule has 7 heteroatoms. The molecule has 0 aliphatic rings. The first-order valence-corrected chi connectivity index (χ1v) is 11.2. The third-order valence-electron chi connectivity index (χ3n) is 4.88. The van der Waals surface area contributed by atoms with Gasteiger partial charge in [-0.1, -0.05) is 84.0 Å². The highest BCUT2D eigenvalue weighted by Gasteiger charge is 2.20. The van der Waals surface area contributed by atoms with E-state index in [0.717, 1.165) is 12.8 Å². The fourth-order valence-corrected chi connectivity index (χ4v) is 2.98. The van der Waals surface area contributed by atoms with Gasteiger partial charge in [-0.15, -0.1) is 0 Å². The maximum absolute atomic E-state index is 11.1. The second kappa shape index (κ2) is 21.5. The van der Waals surface area contributed by atoms with Crippen LogP contribution in [0.2, 0.25) is 0 Å². The third-order valence-corrected chi connectivity index (χ3v) is 4.88. The van der Waals surface area contributed by atoms with E-state index in [1.165, 1.54) is 71.1 Å². The molecular weight excluding hydrogens is 376 g/mol. The first-order chi connectivity index (χ1) is 13.8. The molecule has 0 saturated heterocycles. The Morgan fingerprint density at radius 3 is 1.41 bits per heavy atom. The van der Waals surface area contributed by atoms with Gasteiger partial charge >= 0.3 is 11.9 Å². The van der Waals surface area contributed by atoms with Crippen molar-refractivity contribution in [2.45, 2.75) is 116 Å². The van der Waals surface area contributed by atoms with Crippen LogP contribution in [-0.4, -0.2) is 56.3 Å². The summed E-state index contributed by atoms with van der Waals surface area (Å²) in [4.78, 5) is 20.5. The average Bonchev–Trinajstić information content (AvgIpc) is 2.67. The predicted molar refractivity (Wildman–Crippen MR) is 114 cm³/mol. The van der Waals surface area contributed by atoms with Crippen molar-refractivity contribution in [2.75, 3.05) is 6.61 Å². The van der Waals surface area contributed by atoms with E-state index in [9.17, 15) is 14.7 Å². The summed E-state index contributed by atoms with van der Waals surface area (Å²) >= 11 is 0. The minimum Gasteiger partial charge on any atom is -0.481 e. The molecule has 3 unspecified atom stereocenters. The molecule has 29 heavy (non-hydrogen) atoms. The van der Waals surface area contributed by atoms with Crippen molar-refractivity contribution in [3.05, 3.63) is 0 Å². The van der Waals surface area contributed by atoms with Crippen LogP contribution < -0.4 is 0 Å². The van der Waals surface area contributed by atoms with Crippen molar-refractivity contribution in [1.82, 2.24) is 0 Å². The van der Waals surface area contributed by atoms with Gasteiger partial charge in [0.15, 0.2) is 0 Å². The number of carboxylic acid groups (broad SMARTS) is 2. The van der Waals surface area contributed by atoms with Crippen LogP contribution in [0.1, 0.15) is 104 Å². The molecule has 0 aliphatic carbocycles. The molecule has 0 rings (SSSR count). The Balaban J connectivity index is 0. The van der Waals surface area contributed by atoms with E-state index >= 15 is 0 Å². The second-order valence-electron chi connectivity index (χ2n) is 7.80. The zero-order valence-corrected chi connectivity index (χ0v) is 18.4. The third kappa shape index (κ3) is 23.0. The van der Waals surface area contributed by atoms with Gasteiger partial charge < -0.3 is 25.5 Å². The molecule has 0 spiro atoms. The van der Waals surface area contributed by atoms with Gasteiger partial charge in [-0.25, -0.2) is 4.79 Å². The lowest BCUT2D eigenvalue weighted by Crippen LogP contribution is -2.23. The molecule has 5 N–H and O–H groups in total. The summed E-state index contributed by atoms with van der Waals surface area (Å²) in [5.74, 6) is -2.57. The summed E-state index contributed by atoms with van der Waals surface area (Å²) in [6.07, 6.45) is 13.8. The maximum atomic E-state index is 11.1. The quantitative estimate of drug-likeness (QED) is 0.212. The fraction of sp³-hybridized carbons (Fsp3) is 0.909. The zero-order valence-electron chi connectivity index (χ0n) is 18.4. The highest BCUT2D eigenvalue weighted by atomic mass is 16.4. The zero-order chi connectivity index (χ0) is 22.5. The number of unbranched alkanes of at least 4 members (excludes halogenated alkanes) is 11. The molecule has 0 radical (unpaired) electrons. The Morgan fingerprint density at radius 1 is 0.724 bits per heavy atom. The van der Waals surface area contributed by atoms with Gasteiger partial charge in [-0.05, 0) is 19.8 Å². The summed E-state index contributed by atoms with van der Waals surface area (Å²) in [6.45, 7) is 3.08. The molecule has 0 aromatic carbocycles. The van der Waals surface area contributed by atoms with Gasteiger partial charge in [0.2, 0.25) is 0 Å². The Hall–Kier alpha value is -1.18. The molecule has 174 valence electrons. The van der Waals surface area contributed by atoms with Gasteiger partial charge in [0, 0.05) is 0 Å². The van der Waals surface area contributed by atoms with Crippen LogP contribution in [0.25, 0.3) is 0 Å². The molecule has 3 atom stereocenters. The molecule has 0 saturated carbocycles. The van der Waals surface area contributed by atoms with Crippen LogP contribution in [0, 0.1) is 5.92 Å². The highest BCUT2D eigenvalue weighted by Crippen LogP contribution is 2.18. The summed E-state index contributed by atoms with van der Waals surface area (Å²) in [6, 6.07) is 0. The molecule has 0 aliphatic heterocycles. The van der Waals surface area contributed by atoms with E-state index in [-0.39, 0.29) is 13.0 Å². The molecular formula is C22H44O7. The Bertz CT molecular complexity index is 385. The molecule has 0 bridgehead atoms. The van der Waals surface area contributed by atoms with Crippen molar-refractivity contribution in [3.8, 4) is 0 Å². The van der Waals surface area contributed by atoms with Crippen LogP contribution in [0.5, 0.6) is 0 Å². The number of aliphatic hydroxyl groups is 3. The van der Waals surface area contributed by atoms with Crippen LogP contribution in [0.4, 0.5) is 0 Å². The van der Waals surface area contributed by atoms with Crippen LogP contribution in [0.15, 0.2) is 0 Å². The number of carbonyl (C=O) groups is 2. The lowest BCUT2D eigenvalue weighted by Gasteiger charge is -2.15. The number of rotatable bonds is 18. The second-order valence-corrected chi connectivity index (χ2v) is 7.80. The normalized spacial score (nSPS) is 13.8. The Kier molecular flexibility index (Phi) is 22.3. The minimum atomic E-state index is -1.23. The number of hydrogen-bond donors (Lipinski definition) is 5. The topological polar surface area (TPSA) is 135 Å². The highest BCUT2D eigenvalue weighted by molar-refractivity contribution is 5.71. The van der Waals surface area contributed by atoms with E-state index in [4.69, 9.17) is 20.4 Å². The molecule has 0 amide bonds. The van der Waals surface area contributed by atoms with Gasteiger partial charge in [0.05, 0.1) is 18.6 Å². The molecule has 0 aromatic rings. The number of aliphatic carboxylic acids is 2. The molecule has 7 nitrogen and oxygen atoms in total. The van der Waals surface area contributed by atoms with Crippen molar-refractivity contribution in [1.29, 1.82) is 0 Å². The van der Waals surface area contributed by atoms with Crippen molar-refractivity contribution in [2.24, 2.45) is 5.92 Å². The summed E-state index contributed by atoms with van der Waals surface area (Å²) in [7, 11) is 0. The summed E-state index contributed by atoms with van der Waals surface area (Å²) in [5, 5.41) is 43.0. The van der Waals surface area contributed by atoms with E-state index in [2.05, 4.69) is 6.92 Å². The number of hydrogen-bond acceptors (Lipinski definition) is 5. The average molecular weight is 421 g/mol. The summed E-state index contributed by atoms with van der Waals surface area (Å²) in [5.41, 5.74) is 0. The van der Waals surface area contributed by atoms with Gasteiger partial charge in [0.25, 0.3) is 0 Å². The maximum Gasteiger partial charge on any atom is 0.332 e. The van der Waals surface area contributed by atoms with Crippen LogP contribution >= 0.6 is 0 Å². The molecule has 0 heterocycles. The monoisotopic (exact) mass is 420 g/mol. The first-order valence-electron chi connectivity index (χ1n) is 11.2. The van der Waals surface area contributed by atoms with Crippen molar-refractivity contribution in [3.63, 3.8) is 0 Å². The lowest BCUT2D eigenvalue weighted by atomic mass is 9.94.